The standard InChI is InChI=1S/C14H20ClN3O/c1-11(10-16)14(19)18-7-5-17(6-8-18)13-4-2-3-12(15)9-13/h2-4,9,11H,5-8,10,16H2,1H3. The van der Waals surface area contributed by atoms with Crippen LogP contribution in [0.25, 0.3) is 0 Å². The van der Waals surface area contributed by atoms with Gasteiger partial charge in [-0.1, -0.05) is 24.6 Å². The van der Waals surface area contributed by atoms with Gasteiger partial charge in [0.15, 0.2) is 0 Å². The van der Waals surface area contributed by atoms with Crippen LogP contribution >= 0.6 is 11.6 Å². The van der Waals surface area contributed by atoms with Crippen molar-refractivity contribution in [1.29, 1.82) is 0 Å². The van der Waals surface area contributed by atoms with Crippen molar-refractivity contribution in [2.45, 2.75) is 6.92 Å². The van der Waals surface area contributed by atoms with Gasteiger partial charge in [0.1, 0.15) is 0 Å². The highest BCUT2D eigenvalue weighted by Gasteiger charge is 2.24. The molecule has 1 fully saturated rings. The van der Waals surface area contributed by atoms with E-state index >= 15 is 0 Å². The topological polar surface area (TPSA) is 49.6 Å². The predicted octanol–water partition coefficient (Wildman–Crippen LogP) is 1.58. The monoisotopic (exact) mass is 281 g/mol. The van der Waals surface area contributed by atoms with Crippen LogP contribution < -0.4 is 10.6 Å². The maximum atomic E-state index is 12.0. The number of amides is 1. The largest absolute Gasteiger partial charge is 0.368 e. The van der Waals surface area contributed by atoms with Crippen LogP contribution in [0.15, 0.2) is 24.3 Å². The Bertz CT molecular complexity index is 444. The Morgan fingerprint density at radius 2 is 2.05 bits per heavy atom. The second-order valence-corrected chi connectivity index (χ2v) is 5.37. The summed E-state index contributed by atoms with van der Waals surface area (Å²) in [6.45, 7) is 5.46. The highest BCUT2D eigenvalue weighted by Crippen LogP contribution is 2.21. The number of hydrogen-bond donors (Lipinski definition) is 1. The molecule has 19 heavy (non-hydrogen) atoms. The Hall–Kier alpha value is -1.26. The summed E-state index contributed by atoms with van der Waals surface area (Å²) in [4.78, 5) is 16.2. The molecule has 1 saturated heterocycles. The van der Waals surface area contributed by atoms with Gasteiger partial charge in [-0.3, -0.25) is 4.79 Å². The molecule has 1 unspecified atom stereocenters. The van der Waals surface area contributed by atoms with Gasteiger partial charge in [0, 0.05) is 49.4 Å². The first-order valence-corrected chi connectivity index (χ1v) is 6.99. The van der Waals surface area contributed by atoms with Crippen molar-refractivity contribution >= 4 is 23.2 Å². The zero-order valence-corrected chi connectivity index (χ0v) is 11.9. The lowest BCUT2D eigenvalue weighted by atomic mass is 10.1. The van der Waals surface area contributed by atoms with Gasteiger partial charge in [-0.2, -0.15) is 0 Å². The molecule has 1 aromatic rings. The Morgan fingerprint density at radius 1 is 1.37 bits per heavy atom. The molecule has 104 valence electrons. The summed E-state index contributed by atoms with van der Waals surface area (Å²) in [5.41, 5.74) is 6.66. The summed E-state index contributed by atoms with van der Waals surface area (Å²) in [7, 11) is 0. The maximum Gasteiger partial charge on any atom is 0.226 e. The lowest BCUT2D eigenvalue weighted by Crippen LogP contribution is -2.50. The molecule has 0 spiro atoms. The number of hydrogen-bond acceptors (Lipinski definition) is 3. The van der Waals surface area contributed by atoms with Crippen LogP contribution in [0.1, 0.15) is 6.92 Å². The SMILES string of the molecule is CC(CN)C(=O)N1CCN(c2cccc(Cl)c2)CC1. The molecule has 0 aliphatic carbocycles. The average molecular weight is 282 g/mol. The van der Waals surface area contributed by atoms with Gasteiger partial charge >= 0.3 is 0 Å². The van der Waals surface area contributed by atoms with E-state index in [1.54, 1.807) is 0 Å². The molecule has 0 saturated carbocycles. The van der Waals surface area contributed by atoms with Crippen molar-refractivity contribution in [3.8, 4) is 0 Å². The number of halogens is 1. The van der Waals surface area contributed by atoms with Crippen molar-refractivity contribution in [1.82, 2.24) is 4.90 Å². The fourth-order valence-electron chi connectivity index (χ4n) is 2.27. The number of nitrogens with zero attached hydrogens (tertiary/aromatic N) is 2. The number of nitrogens with two attached hydrogens (primary N) is 1. The Balaban J connectivity index is 1.94. The van der Waals surface area contributed by atoms with E-state index in [1.165, 1.54) is 0 Å². The smallest absolute Gasteiger partial charge is 0.226 e. The quantitative estimate of drug-likeness (QED) is 0.915. The molecule has 1 atom stereocenters. The molecule has 2 N–H and O–H groups in total. The van der Waals surface area contributed by atoms with Crippen molar-refractivity contribution < 1.29 is 4.79 Å². The van der Waals surface area contributed by atoms with Crippen LogP contribution in [0.4, 0.5) is 5.69 Å². The van der Waals surface area contributed by atoms with E-state index in [0.29, 0.717) is 6.54 Å². The van der Waals surface area contributed by atoms with Gasteiger partial charge in [-0.15, -0.1) is 0 Å². The van der Waals surface area contributed by atoms with Crippen LogP contribution in [0.3, 0.4) is 0 Å². The third-order valence-electron chi connectivity index (χ3n) is 3.54. The minimum Gasteiger partial charge on any atom is -0.368 e. The molecule has 1 aliphatic rings. The molecule has 2 rings (SSSR count). The lowest BCUT2D eigenvalue weighted by molar-refractivity contribution is -0.134. The highest BCUT2D eigenvalue weighted by molar-refractivity contribution is 6.30. The zero-order chi connectivity index (χ0) is 13.8. The van der Waals surface area contributed by atoms with E-state index in [2.05, 4.69) is 4.90 Å². The molecule has 1 aromatic carbocycles. The van der Waals surface area contributed by atoms with Crippen LogP contribution in [0.2, 0.25) is 5.02 Å². The van der Waals surface area contributed by atoms with E-state index < -0.39 is 0 Å². The fourth-order valence-corrected chi connectivity index (χ4v) is 2.45. The second kappa shape index (κ2) is 6.26. The number of carbonyl (C=O) groups excluding carboxylic acids is 1. The summed E-state index contributed by atoms with van der Waals surface area (Å²) in [5.74, 6) is 0.0750. The molecule has 0 aromatic heterocycles. The minimum atomic E-state index is -0.0854. The van der Waals surface area contributed by atoms with Crippen molar-refractivity contribution in [3.63, 3.8) is 0 Å². The van der Waals surface area contributed by atoms with E-state index in [1.807, 2.05) is 36.1 Å². The summed E-state index contributed by atoms with van der Waals surface area (Å²) in [6, 6.07) is 7.83. The first-order chi connectivity index (χ1) is 9.11. The lowest BCUT2D eigenvalue weighted by Gasteiger charge is -2.37. The normalized spacial score (nSPS) is 17.4. The number of piperazine rings is 1. The maximum absolute atomic E-state index is 12.0. The van der Waals surface area contributed by atoms with Crippen molar-refractivity contribution in [2.75, 3.05) is 37.6 Å². The molecular weight excluding hydrogens is 262 g/mol. The van der Waals surface area contributed by atoms with Crippen LogP contribution in [0.5, 0.6) is 0 Å². The number of benzene rings is 1. The van der Waals surface area contributed by atoms with Crippen LogP contribution in [-0.2, 0) is 4.79 Å². The Morgan fingerprint density at radius 3 is 2.63 bits per heavy atom. The molecule has 5 heteroatoms. The second-order valence-electron chi connectivity index (χ2n) is 4.93. The zero-order valence-electron chi connectivity index (χ0n) is 11.2. The highest BCUT2D eigenvalue weighted by atomic mass is 35.5. The van der Waals surface area contributed by atoms with E-state index in [4.69, 9.17) is 17.3 Å². The average Bonchev–Trinajstić information content (AvgIpc) is 2.46. The first kappa shape index (κ1) is 14.2. The molecule has 0 bridgehead atoms. The van der Waals surface area contributed by atoms with Gasteiger partial charge in [-0.25, -0.2) is 0 Å². The summed E-state index contributed by atoms with van der Waals surface area (Å²) >= 11 is 6.00. The first-order valence-electron chi connectivity index (χ1n) is 6.61. The Labute approximate surface area is 119 Å². The third kappa shape index (κ3) is 3.39. The third-order valence-corrected chi connectivity index (χ3v) is 3.77. The molecule has 0 radical (unpaired) electrons. The van der Waals surface area contributed by atoms with Gasteiger partial charge in [0.05, 0.1) is 0 Å². The molecule has 4 nitrogen and oxygen atoms in total. The molecule has 1 heterocycles. The molecule has 1 amide bonds. The Kier molecular flexibility index (Phi) is 4.66. The summed E-state index contributed by atoms with van der Waals surface area (Å²) in [6.07, 6.45) is 0. The van der Waals surface area contributed by atoms with Gasteiger partial charge < -0.3 is 15.5 Å². The fraction of sp³-hybridized carbons (Fsp3) is 0.500. The van der Waals surface area contributed by atoms with Gasteiger partial charge in [0.25, 0.3) is 0 Å². The van der Waals surface area contributed by atoms with Crippen LogP contribution in [-0.4, -0.2) is 43.5 Å². The van der Waals surface area contributed by atoms with Crippen molar-refractivity contribution in [3.05, 3.63) is 29.3 Å². The minimum absolute atomic E-state index is 0.0854. The number of rotatable bonds is 3. The van der Waals surface area contributed by atoms with Gasteiger partial charge in [-0.05, 0) is 18.2 Å². The molecular formula is C14H20ClN3O. The molecule has 1 aliphatic heterocycles. The van der Waals surface area contributed by atoms with E-state index in [9.17, 15) is 4.79 Å². The predicted molar refractivity (Wildman–Crippen MR) is 78.5 cm³/mol. The number of anilines is 1. The van der Waals surface area contributed by atoms with Gasteiger partial charge in [0.2, 0.25) is 5.91 Å². The van der Waals surface area contributed by atoms with E-state index in [0.717, 1.165) is 36.9 Å². The van der Waals surface area contributed by atoms with E-state index in [-0.39, 0.29) is 11.8 Å². The number of carbonyl (C=O) groups is 1. The summed E-state index contributed by atoms with van der Waals surface area (Å²) < 4.78 is 0. The summed E-state index contributed by atoms with van der Waals surface area (Å²) in [5, 5.41) is 0.743. The van der Waals surface area contributed by atoms with Crippen molar-refractivity contribution in [2.24, 2.45) is 11.7 Å². The van der Waals surface area contributed by atoms with Crippen LogP contribution in [0, 0.1) is 5.92 Å².